The average Bonchev–Trinajstić information content (AvgIpc) is 2.88. The molecule has 0 fully saturated rings. The van der Waals surface area contributed by atoms with Gasteiger partial charge >= 0.3 is 0 Å². The van der Waals surface area contributed by atoms with E-state index < -0.39 is 0 Å². The third-order valence-electron chi connectivity index (χ3n) is 3.78. The minimum absolute atomic E-state index is 0.237. The Morgan fingerprint density at radius 2 is 1.95 bits per heavy atom. The Morgan fingerprint density at radius 1 is 1.15 bits per heavy atom. The van der Waals surface area contributed by atoms with Crippen LogP contribution in [0.3, 0.4) is 0 Å². The number of aryl methyl sites for hydroxylation is 2. The van der Waals surface area contributed by atoms with Gasteiger partial charge in [-0.15, -0.1) is 0 Å². The first-order valence-corrected chi connectivity index (χ1v) is 6.99. The van der Waals surface area contributed by atoms with E-state index in [1.54, 1.807) is 12.1 Å². The van der Waals surface area contributed by atoms with Gasteiger partial charge in [-0.25, -0.2) is 4.39 Å². The maximum absolute atomic E-state index is 14.0. The zero-order valence-corrected chi connectivity index (χ0v) is 11.5. The van der Waals surface area contributed by atoms with Crippen LogP contribution < -0.4 is 10.5 Å². The third kappa shape index (κ3) is 2.41. The van der Waals surface area contributed by atoms with Gasteiger partial charge in [-0.3, -0.25) is 0 Å². The molecule has 2 N–H and O–H groups in total. The van der Waals surface area contributed by atoms with Crippen LogP contribution in [0, 0.1) is 5.82 Å². The molecule has 0 radical (unpaired) electrons. The van der Waals surface area contributed by atoms with Crippen molar-refractivity contribution in [1.82, 2.24) is 0 Å². The Morgan fingerprint density at radius 3 is 2.75 bits per heavy atom. The van der Waals surface area contributed by atoms with E-state index >= 15 is 0 Å². The summed E-state index contributed by atoms with van der Waals surface area (Å²) in [5.41, 5.74) is 9.25. The van der Waals surface area contributed by atoms with Crippen molar-refractivity contribution in [2.45, 2.75) is 32.2 Å². The van der Waals surface area contributed by atoms with Crippen molar-refractivity contribution < 1.29 is 9.13 Å². The summed E-state index contributed by atoms with van der Waals surface area (Å²) in [7, 11) is 0. The lowest BCUT2D eigenvalue weighted by Crippen LogP contribution is -2.07. The first kappa shape index (κ1) is 13.1. The number of ether oxygens (including phenoxy) is 1. The van der Waals surface area contributed by atoms with Crippen molar-refractivity contribution in [2.75, 3.05) is 0 Å². The van der Waals surface area contributed by atoms with Crippen LogP contribution in [-0.2, 0) is 12.8 Å². The normalized spacial score (nSPS) is 14.9. The highest BCUT2D eigenvalue weighted by molar-refractivity contribution is 5.44. The summed E-state index contributed by atoms with van der Waals surface area (Å²) in [6.07, 6.45) is 3.38. The van der Waals surface area contributed by atoms with Crippen molar-refractivity contribution in [1.29, 1.82) is 0 Å². The molecule has 3 heteroatoms. The second-order valence-corrected chi connectivity index (χ2v) is 5.33. The van der Waals surface area contributed by atoms with E-state index in [2.05, 4.69) is 6.07 Å². The molecule has 20 heavy (non-hydrogen) atoms. The molecule has 0 amide bonds. The summed E-state index contributed by atoms with van der Waals surface area (Å²) in [6, 6.07) is 10.6. The van der Waals surface area contributed by atoms with Gasteiger partial charge in [-0.2, -0.15) is 0 Å². The highest BCUT2D eigenvalue weighted by Crippen LogP contribution is 2.33. The zero-order valence-electron chi connectivity index (χ0n) is 11.5. The van der Waals surface area contributed by atoms with Crippen LogP contribution in [0.4, 0.5) is 4.39 Å². The Hall–Kier alpha value is -1.87. The van der Waals surface area contributed by atoms with Crippen molar-refractivity contribution in [2.24, 2.45) is 5.73 Å². The molecule has 1 atom stereocenters. The summed E-state index contributed by atoms with van der Waals surface area (Å²) in [5.74, 6) is 0.540. The number of halogens is 1. The van der Waals surface area contributed by atoms with Gasteiger partial charge in [0.1, 0.15) is 5.75 Å². The van der Waals surface area contributed by atoms with Crippen molar-refractivity contribution in [3.8, 4) is 11.5 Å². The summed E-state index contributed by atoms with van der Waals surface area (Å²) in [5, 5.41) is 0. The van der Waals surface area contributed by atoms with E-state index in [9.17, 15) is 4.39 Å². The molecule has 0 saturated carbocycles. The van der Waals surface area contributed by atoms with Crippen LogP contribution in [0.1, 0.15) is 36.1 Å². The number of benzene rings is 2. The van der Waals surface area contributed by atoms with Crippen LogP contribution in [0.5, 0.6) is 11.5 Å². The van der Waals surface area contributed by atoms with Gasteiger partial charge in [-0.1, -0.05) is 18.2 Å². The number of fused-ring (bicyclic) bond motifs is 1. The maximum atomic E-state index is 14.0. The maximum Gasteiger partial charge on any atom is 0.167 e. The standard InChI is InChI=1S/C17H18FNO/c1-11(19)15-6-3-7-16(18)17(15)20-14-9-8-12-4-2-5-13(12)10-14/h3,6-11H,2,4-5,19H2,1H3/t11-/m0/s1. The fourth-order valence-electron chi connectivity index (χ4n) is 2.72. The molecule has 1 aliphatic carbocycles. The van der Waals surface area contributed by atoms with E-state index in [4.69, 9.17) is 10.5 Å². The van der Waals surface area contributed by atoms with Crippen molar-refractivity contribution in [3.05, 3.63) is 58.9 Å². The Labute approximate surface area is 118 Å². The average molecular weight is 271 g/mol. The highest BCUT2D eigenvalue weighted by atomic mass is 19.1. The predicted octanol–water partition coefficient (Wildman–Crippen LogP) is 4.13. The number of rotatable bonds is 3. The SMILES string of the molecule is C[C@H](N)c1cccc(F)c1Oc1ccc2c(c1)CCC2. The minimum atomic E-state index is -0.375. The van der Waals surface area contributed by atoms with Gasteiger partial charge in [0.05, 0.1) is 0 Å². The highest BCUT2D eigenvalue weighted by Gasteiger charge is 2.16. The fraction of sp³-hybridized carbons (Fsp3) is 0.294. The monoisotopic (exact) mass is 271 g/mol. The molecule has 1 aliphatic rings. The molecule has 0 aromatic heterocycles. The van der Waals surface area contributed by atoms with Crippen LogP contribution >= 0.6 is 0 Å². The minimum Gasteiger partial charge on any atom is -0.454 e. The lowest BCUT2D eigenvalue weighted by molar-refractivity contribution is 0.432. The smallest absolute Gasteiger partial charge is 0.167 e. The van der Waals surface area contributed by atoms with Gasteiger partial charge in [-0.05, 0) is 55.5 Å². The molecular formula is C17H18FNO. The quantitative estimate of drug-likeness (QED) is 0.911. The lowest BCUT2D eigenvalue weighted by Gasteiger charge is -2.15. The summed E-state index contributed by atoms with van der Waals surface area (Å²) in [6.45, 7) is 1.82. The zero-order chi connectivity index (χ0) is 14.1. The largest absolute Gasteiger partial charge is 0.454 e. The summed E-state index contributed by atoms with van der Waals surface area (Å²) >= 11 is 0. The van der Waals surface area contributed by atoms with Gasteiger partial charge in [0.15, 0.2) is 11.6 Å². The Bertz CT molecular complexity index is 637. The predicted molar refractivity (Wildman–Crippen MR) is 77.5 cm³/mol. The molecule has 2 aromatic rings. The first-order chi connectivity index (χ1) is 9.65. The molecule has 0 heterocycles. The Kier molecular flexibility index (Phi) is 3.45. The van der Waals surface area contributed by atoms with Crippen LogP contribution in [-0.4, -0.2) is 0 Å². The molecule has 0 aliphatic heterocycles. The van der Waals surface area contributed by atoms with E-state index in [1.165, 1.54) is 23.6 Å². The number of hydrogen-bond donors (Lipinski definition) is 1. The van der Waals surface area contributed by atoms with Crippen molar-refractivity contribution in [3.63, 3.8) is 0 Å². The number of para-hydroxylation sites is 1. The van der Waals surface area contributed by atoms with Gasteiger partial charge in [0.25, 0.3) is 0 Å². The van der Waals surface area contributed by atoms with Gasteiger partial charge in [0.2, 0.25) is 0 Å². The van der Waals surface area contributed by atoms with Crippen LogP contribution in [0.2, 0.25) is 0 Å². The second-order valence-electron chi connectivity index (χ2n) is 5.33. The molecule has 0 unspecified atom stereocenters. The molecule has 3 rings (SSSR count). The molecular weight excluding hydrogens is 253 g/mol. The number of hydrogen-bond acceptors (Lipinski definition) is 2. The van der Waals surface area contributed by atoms with E-state index in [1.807, 2.05) is 19.1 Å². The van der Waals surface area contributed by atoms with Gasteiger partial charge in [0, 0.05) is 11.6 Å². The third-order valence-corrected chi connectivity index (χ3v) is 3.78. The molecule has 0 spiro atoms. The van der Waals surface area contributed by atoms with E-state index in [0.717, 1.165) is 12.8 Å². The van der Waals surface area contributed by atoms with Crippen molar-refractivity contribution >= 4 is 0 Å². The summed E-state index contributed by atoms with van der Waals surface area (Å²) < 4.78 is 19.8. The lowest BCUT2D eigenvalue weighted by atomic mass is 10.1. The number of nitrogens with two attached hydrogens (primary N) is 1. The van der Waals surface area contributed by atoms with Gasteiger partial charge < -0.3 is 10.5 Å². The molecule has 104 valence electrons. The summed E-state index contributed by atoms with van der Waals surface area (Å²) in [4.78, 5) is 0. The van der Waals surface area contributed by atoms with E-state index in [-0.39, 0.29) is 17.6 Å². The Balaban J connectivity index is 1.95. The molecule has 2 nitrogen and oxygen atoms in total. The second kappa shape index (κ2) is 5.25. The molecule has 0 bridgehead atoms. The topological polar surface area (TPSA) is 35.2 Å². The molecule has 2 aromatic carbocycles. The van der Waals surface area contributed by atoms with Crippen LogP contribution in [0.25, 0.3) is 0 Å². The first-order valence-electron chi connectivity index (χ1n) is 6.99. The van der Waals surface area contributed by atoms with Crippen LogP contribution in [0.15, 0.2) is 36.4 Å². The van der Waals surface area contributed by atoms with E-state index in [0.29, 0.717) is 11.3 Å². The fourth-order valence-corrected chi connectivity index (χ4v) is 2.72. The molecule has 0 saturated heterocycles.